The van der Waals surface area contributed by atoms with Crippen molar-refractivity contribution in [3.05, 3.63) is 34.6 Å². The monoisotopic (exact) mass is 284 g/mol. The zero-order valence-electron chi connectivity index (χ0n) is 10.7. The zero-order valence-corrected chi connectivity index (χ0v) is 11.5. The summed E-state index contributed by atoms with van der Waals surface area (Å²) in [6.07, 6.45) is 2.25. The van der Waals surface area contributed by atoms with Crippen LogP contribution in [0.3, 0.4) is 0 Å². The molecule has 1 aliphatic heterocycles. The lowest BCUT2D eigenvalue weighted by atomic mass is 9.99. The van der Waals surface area contributed by atoms with Crippen LogP contribution in [0.25, 0.3) is 0 Å². The van der Waals surface area contributed by atoms with Crippen LogP contribution in [0.2, 0.25) is 5.02 Å². The highest BCUT2D eigenvalue weighted by Crippen LogP contribution is 2.19. The molecule has 1 atom stereocenters. The van der Waals surface area contributed by atoms with E-state index in [-0.39, 0.29) is 17.9 Å². The van der Waals surface area contributed by atoms with Gasteiger partial charge in [-0.05, 0) is 44.0 Å². The molecule has 0 bridgehead atoms. The maximum atomic E-state index is 13.5. The van der Waals surface area contributed by atoms with E-state index in [9.17, 15) is 9.18 Å². The van der Waals surface area contributed by atoms with Crippen LogP contribution < -0.4 is 10.6 Å². The summed E-state index contributed by atoms with van der Waals surface area (Å²) in [6, 6.07) is 4.45. The van der Waals surface area contributed by atoms with Crippen LogP contribution >= 0.6 is 11.6 Å². The molecule has 19 heavy (non-hydrogen) atoms. The maximum absolute atomic E-state index is 13.5. The van der Waals surface area contributed by atoms with E-state index in [0.29, 0.717) is 17.5 Å². The normalized spacial score (nSPS) is 19.2. The van der Waals surface area contributed by atoms with Crippen molar-refractivity contribution in [2.75, 3.05) is 19.6 Å². The number of carbonyl (C=O) groups excluding carboxylic acids is 1. The van der Waals surface area contributed by atoms with Crippen LogP contribution in [0.4, 0.5) is 4.39 Å². The number of halogens is 2. The van der Waals surface area contributed by atoms with Gasteiger partial charge in [-0.25, -0.2) is 4.39 Å². The second-order valence-electron chi connectivity index (χ2n) is 4.89. The molecule has 0 saturated carbocycles. The quantitative estimate of drug-likeness (QED) is 0.889. The van der Waals surface area contributed by atoms with E-state index in [1.807, 2.05) is 0 Å². The molecule has 1 saturated heterocycles. The molecule has 1 aromatic carbocycles. The second-order valence-corrected chi connectivity index (χ2v) is 5.30. The minimum atomic E-state index is -0.429. The fraction of sp³-hybridized carbons (Fsp3) is 0.500. The molecule has 2 rings (SSSR count). The number of rotatable bonds is 4. The van der Waals surface area contributed by atoms with Gasteiger partial charge in [-0.2, -0.15) is 0 Å². The Kier molecular flexibility index (Phi) is 5.16. The molecule has 1 aromatic rings. The topological polar surface area (TPSA) is 41.1 Å². The van der Waals surface area contributed by atoms with Gasteiger partial charge in [-0.15, -0.1) is 0 Å². The summed E-state index contributed by atoms with van der Waals surface area (Å²) in [6.45, 7) is 2.62. The zero-order chi connectivity index (χ0) is 13.7. The lowest BCUT2D eigenvalue weighted by molar-refractivity contribution is -0.120. The number of nitrogens with one attached hydrogen (secondary N) is 2. The number of benzene rings is 1. The lowest BCUT2D eigenvalue weighted by Crippen LogP contribution is -2.38. The van der Waals surface area contributed by atoms with Gasteiger partial charge in [0.1, 0.15) is 5.82 Å². The number of hydrogen-bond donors (Lipinski definition) is 2. The third-order valence-electron chi connectivity index (χ3n) is 3.39. The first-order valence-electron chi connectivity index (χ1n) is 6.57. The maximum Gasteiger partial charge on any atom is 0.224 e. The van der Waals surface area contributed by atoms with Crippen LogP contribution in [0.1, 0.15) is 18.4 Å². The molecule has 1 heterocycles. The van der Waals surface area contributed by atoms with Crippen molar-refractivity contribution in [2.45, 2.75) is 19.3 Å². The molecule has 3 nitrogen and oxygen atoms in total. The average molecular weight is 285 g/mol. The van der Waals surface area contributed by atoms with Crippen LogP contribution in [0.15, 0.2) is 18.2 Å². The van der Waals surface area contributed by atoms with Crippen LogP contribution in [0, 0.1) is 11.7 Å². The first-order valence-corrected chi connectivity index (χ1v) is 6.95. The number of amides is 1. The molecule has 5 heteroatoms. The molecule has 0 spiro atoms. The molecule has 1 fully saturated rings. The highest BCUT2D eigenvalue weighted by Gasteiger charge is 2.15. The highest BCUT2D eigenvalue weighted by atomic mass is 35.5. The van der Waals surface area contributed by atoms with Crippen LogP contribution in [0.5, 0.6) is 0 Å². The van der Waals surface area contributed by atoms with E-state index in [4.69, 9.17) is 11.6 Å². The predicted molar refractivity (Wildman–Crippen MR) is 73.7 cm³/mol. The molecule has 2 N–H and O–H groups in total. The van der Waals surface area contributed by atoms with E-state index >= 15 is 0 Å². The van der Waals surface area contributed by atoms with E-state index in [1.54, 1.807) is 6.07 Å². The number of carbonyl (C=O) groups is 1. The van der Waals surface area contributed by atoms with Crippen LogP contribution in [-0.2, 0) is 11.2 Å². The Morgan fingerprint density at radius 3 is 3.05 bits per heavy atom. The van der Waals surface area contributed by atoms with Crippen molar-refractivity contribution >= 4 is 17.5 Å². The van der Waals surface area contributed by atoms with E-state index in [2.05, 4.69) is 10.6 Å². The fourth-order valence-electron chi connectivity index (χ4n) is 2.28. The third-order valence-corrected chi connectivity index (χ3v) is 3.74. The van der Waals surface area contributed by atoms with E-state index in [0.717, 1.165) is 25.9 Å². The summed E-state index contributed by atoms with van der Waals surface area (Å²) in [5.41, 5.74) is 0.267. The Balaban J connectivity index is 1.83. The summed E-state index contributed by atoms with van der Waals surface area (Å²) in [4.78, 5) is 11.8. The summed E-state index contributed by atoms with van der Waals surface area (Å²) in [5.74, 6) is -0.145. The van der Waals surface area contributed by atoms with Crippen molar-refractivity contribution in [1.29, 1.82) is 0 Å². The summed E-state index contributed by atoms with van der Waals surface area (Å²) >= 11 is 5.89. The lowest BCUT2D eigenvalue weighted by Gasteiger charge is -2.22. The van der Waals surface area contributed by atoms with Crippen molar-refractivity contribution in [2.24, 2.45) is 5.92 Å². The Labute approximate surface area is 117 Å². The molecule has 1 unspecified atom stereocenters. The van der Waals surface area contributed by atoms with Gasteiger partial charge in [0.05, 0.1) is 6.42 Å². The van der Waals surface area contributed by atoms with Gasteiger partial charge in [0.2, 0.25) is 5.91 Å². The van der Waals surface area contributed by atoms with Gasteiger partial charge in [-0.1, -0.05) is 17.7 Å². The minimum absolute atomic E-state index is 0.00828. The highest BCUT2D eigenvalue weighted by molar-refractivity contribution is 6.31. The first kappa shape index (κ1) is 14.3. The standard InChI is InChI=1S/C14H18ClFN2O/c15-12-4-1-5-13(16)11(12)7-14(19)18-9-10-3-2-6-17-8-10/h1,4-5,10,17H,2-3,6-9H2,(H,18,19). The first-order chi connectivity index (χ1) is 9.16. The molecule has 1 amide bonds. The predicted octanol–water partition coefficient (Wildman–Crippen LogP) is 2.14. The van der Waals surface area contributed by atoms with Gasteiger partial charge in [0.25, 0.3) is 0 Å². The average Bonchev–Trinajstić information content (AvgIpc) is 2.42. The Morgan fingerprint density at radius 2 is 2.37 bits per heavy atom. The summed E-state index contributed by atoms with van der Waals surface area (Å²) < 4.78 is 13.5. The van der Waals surface area contributed by atoms with Crippen molar-refractivity contribution < 1.29 is 9.18 Å². The SMILES string of the molecule is O=C(Cc1c(F)cccc1Cl)NCC1CCCNC1. The molecule has 0 radical (unpaired) electrons. The van der Waals surface area contributed by atoms with Crippen molar-refractivity contribution in [1.82, 2.24) is 10.6 Å². The van der Waals surface area contributed by atoms with Gasteiger partial charge >= 0.3 is 0 Å². The van der Waals surface area contributed by atoms with Crippen LogP contribution in [-0.4, -0.2) is 25.5 Å². The van der Waals surface area contributed by atoms with E-state index in [1.165, 1.54) is 12.1 Å². The van der Waals surface area contributed by atoms with Gasteiger partial charge in [-0.3, -0.25) is 4.79 Å². The van der Waals surface area contributed by atoms with E-state index < -0.39 is 5.82 Å². The van der Waals surface area contributed by atoms with Gasteiger partial charge < -0.3 is 10.6 Å². The number of piperidine rings is 1. The summed E-state index contributed by atoms with van der Waals surface area (Å²) in [5, 5.41) is 6.45. The molecule has 0 aromatic heterocycles. The number of hydrogen-bond acceptors (Lipinski definition) is 2. The van der Waals surface area contributed by atoms with Crippen molar-refractivity contribution in [3.8, 4) is 0 Å². The van der Waals surface area contributed by atoms with Gasteiger partial charge in [0.15, 0.2) is 0 Å². The Hall–Kier alpha value is -1.13. The molecular formula is C14H18ClFN2O. The Bertz CT molecular complexity index is 427. The molecule has 104 valence electrons. The molecule has 0 aliphatic carbocycles. The minimum Gasteiger partial charge on any atom is -0.355 e. The second kappa shape index (κ2) is 6.87. The molecule has 1 aliphatic rings. The largest absolute Gasteiger partial charge is 0.355 e. The van der Waals surface area contributed by atoms with Gasteiger partial charge in [0, 0.05) is 17.1 Å². The summed E-state index contributed by atoms with van der Waals surface area (Å²) in [7, 11) is 0. The fourth-order valence-corrected chi connectivity index (χ4v) is 2.51. The Morgan fingerprint density at radius 1 is 1.53 bits per heavy atom. The molecular weight excluding hydrogens is 267 g/mol. The van der Waals surface area contributed by atoms with Crippen molar-refractivity contribution in [3.63, 3.8) is 0 Å². The third kappa shape index (κ3) is 4.18. The smallest absolute Gasteiger partial charge is 0.224 e.